The summed E-state index contributed by atoms with van der Waals surface area (Å²) in [5.74, 6) is -0.0492. The van der Waals surface area contributed by atoms with Crippen LogP contribution in [0.2, 0.25) is 0 Å². The number of hydrogen-bond donors (Lipinski definition) is 1. The van der Waals surface area contributed by atoms with Crippen LogP contribution in [-0.2, 0) is 4.79 Å². The van der Waals surface area contributed by atoms with Gasteiger partial charge in [-0.05, 0) is 31.1 Å². The molecule has 1 atom stereocenters. The Hall–Kier alpha value is -0.650. The van der Waals surface area contributed by atoms with Gasteiger partial charge in [-0.2, -0.15) is 0 Å². The second kappa shape index (κ2) is 7.53. The van der Waals surface area contributed by atoms with E-state index in [9.17, 15) is 9.90 Å². The number of likely N-dealkylation sites (tertiary alicyclic amines) is 1. The molecule has 25 heavy (non-hydrogen) atoms. The second-order valence-corrected chi connectivity index (χ2v) is 9.67. The number of aliphatic hydroxyl groups is 1. The fourth-order valence-corrected chi connectivity index (χ4v) is 4.86. The predicted octanol–water partition coefficient (Wildman–Crippen LogP) is 1.95. The molecule has 3 fully saturated rings. The number of nitrogens with zero attached hydrogens (tertiary/aromatic N) is 3. The highest BCUT2D eigenvalue weighted by molar-refractivity contribution is 5.86. The molecule has 3 rings (SSSR count). The molecule has 0 aromatic carbocycles. The largest absolute Gasteiger partial charge is 0.379 e. The van der Waals surface area contributed by atoms with Crippen molar-refractivity contribution in [3.8, 4) is 0 Å². The summed E-state index contributed by atoms with van der Waals surface area (Å²) in [5.41, 5.74) is -1.11. The van der Waals surface area contributed by atoms with Gasteiger partial charge in [-0.3, -0.25) is 14.6 Å². The molecule has 0 spiro atoms. The summed E-state index contributed by atoms with van der Waals surface area (Å²) in [7, 11) is 0. The van der Waals surface area contributed by atoms with Crippen LogP contribution in [0.15, 0.2) is 0 Å². The van der Waals surface area contributed by atoms with Crippen LogP contribution in [0.3, 0.4) is 0 Å². The number of hydrogen-bond acceptors (Lipinski definition) is 4. The normalized spacial score (nSPS) is 31.0. The van der Waals surface area contributed by atoms with Gasteiger partial charge < -0.3 is 10.0 Å². The van der Waals surface area contributed by atoms with Gasteiger partial charge in [0.1, 0.15) is 0 Å². The summed E-state index contributed by atoms with van der Waals surface area (Å²) in [6, 6.07) is 0.781. The van der Waals surface area contributed by atoms with Crippen molar-refractivity contribution < 1.29 is 9.90 Å². The minimum atomic E-state index is -1.18. The maximum Gasteiger partial charge on any atom is 0.255 e. The minimum absolute atomic E-state index is 0.0492. The smallest absolute Gasteiger partial charge is 0.255 e. The molecular weight excluding hydrogens is 314 g/mol. The van der Waals surface area contributed by atoms with E-state index in [0.717, 1.165) is 51.7 Å². The molecule has 0 radical (unpaired) electrons. The Labute approximate surface area is 153 Å². The third kappa shape index (κ3) is 4.75. The Morgan fingerprint density at radius 1 is 1.04 bits per heavy atom. The van der Waals surface area contributed by atoms with Gasteiger partial charge in [0.05, 0.1) is 0 Å². The van der Waals surface area contributed by atoms with E-state index in [1.807, 2.05) is 4.90 Å². The van der Waals surface area contributed by atoms with Crippen molar-refractivity contribution in [1.29, 1.82) is 0 Å². The van der Waals surface area contributed by atoms with E-state index in [-0.39, 0.29) is 11.3 Å². The zero-order valence-electron chi connectivity index (χ0n) is 16.5. The average Bonchev–Trinajstić information content (AvgIpc) is 3.06. The summed E-state index contributed by atoms with van der Waals surface area (Å²) in [6.45, 7) is 12.6. The van der Waals surface area contributed by atoms with Crippen LogP contribution < -0.4 is 0 Å². The maximum atomic E-state index is 12.9. The Balaban J connectivity index is 1.53. The highest BCUT2D eigenvalue weighted by Crippen LogP contribution is 2.28. The van der Waals surface area contributed by atoms with Gasteiger partial charge in [-0.15, -0.1) is 0 Å². The minimum Gasteiger partial charge on any atom is -0.379 e. The lowest BCUT2D eigenvalue weighted by atomic mass is 9.88. The van der Waals surface area contributed by atoms with Crippen molar-refractivity contribution in [3.05, 3.63) is 0 Å². The van der Waals surface area contributed by atoms with E-state index in [0.29, 0.717) is 13.0 Å². The summed E-state index contributed by atoms with van der Waals surface area (Å²) >= 11 is 0. The molecule has 0 unspecified atom stereocenters. The molecule has 0 aromatic rings. The SMILES string of the molecule is CC(C)(C)CN1CCC[C@](O)(CN2CCN(C3CCCC3)CC2)C1=O. The summed E-state index contributed by atoms with van der Waals surface area (Å²) in [4.78, 5) is 19.7. The van der Waals surface area contributed by atoms with Gasteiger partial charge in [-0.1, -0.05) is 33.6 Å². The number of piperidine rings is 1. The van der Waals surface area contributed by atoms with Crippen molar-refractivity contribution in [1.82, 2.24) is 14.7 Å². The first kappa shape index (κ1) is 19.1. The molecule has 0 bridgehead atoms. The number of piperazine rings is 1. The lowest BCUT2D eigenvalue weighted by molar-refractivity contribution is -0.161. The van der Waals surface area contributed by atoms with Gasteiger partial charge >= 0.3 is 0 Å². The van der Waals surface area contributed by atoms with Gasteiger partial charge in [0, 0.05) is 51.9 Å². The van der Waals surface area contributed by atoms with Crippen LogP contribution in [0.1, 0.15) is 59.3 Å². The standard InChI is InChI=1S/C20H37N3O2/c1-19(2,3)15-23-10-6-9-20(25,18(23)24)16-21-11-13-22(14-12-21)17-7-4-5-8-17/h17,25H,4-16H2,1-3H3/t20-/m0/s1. The van der Waals surface area contributed by atoms with Crippen LogP contribution in [0, 0.1) is 5.41 Å². The predicted molar refractivity (Wildman–Crippen MR) is 100 cm³/mol. The lowest BCUT2D eigenvalue weighted by Gasteiger charge is -2.45. The monoisotopic (exact) mass is 351 g/mol. The van der Waals surface area contributed by atoms with Crippen molar-refractivity contribution in [2.45, 2.75) is 70.9 Å². The van der Waals surface area contributed by atoms with Crippen molar-refractivity contribution in [3.63, 3.8) is 0 Å². The molecular formula is C20H37N3O2. The van der Waals surface area contributed by atoms with Crippen LogP contribution in [0.25, 0.3) is 0 Å². The Morgan fingerprint density at radius 2 is 1.68 bits per heavy atom. The van der Waals surface area contributed by atoms with Gasteiger partial charge in [0.25, 0.3) is 5.91 Å². The number of carbonyl (C=O) groups excluding carboxylic acids is 1. The van der Waals surface area contributed by atoms with E-state index in [1.165, 1.54) is 25.7 Å². The first-order valence-corrected chi connectivity index (χ1v) is 10.3. The van der Waals surface area contributed by atoms with E-state index in [1.54, 1.807) is 0 Å². The van der Waals surface area contributed by atoms with Gasteiger partial charge in [0.2, 0.25) is 0 Å². The molecule has 1 aliphatic carbocycles. The van der Waals surface area contributed by atoms with Crippen LogP contribution in [-0.4, -0.2) is 83.2 Å². The molecule has 2 saturated heterocycles. The van der Waals surface area contributed by atoms with Crippen LogP contribution in [0.5, 0.6) is 0 Å². The zero-order chi connectivity index (χ0) is 18.1. The highest BCUT2D eigenvalue weighted by Gasteiger charge is 2.44. The fraction of sp³-hybridized carbons (Fsp3) is 0.950. The maximum absolute atomic E-state index is 12.9. The third-order valence-electron chi connectivity index (χ3n) is 6.10. The lowest BCUT2D eigenvalue weighted by Crippen LogP contribution is -2.61. The molecule has 1 saturated carbocycles. The first-order chi connectivity index (χ1) is 11.8. The molecule has 0 aromatic heterocycles. The number of rotatable bonds is 4. The molecule has 5 heteroatoms. The van der Waals surface area contributed by atoms with E-state index in [2.05, 4.69) is 30.6 Å². The van der Waals surface area contributed by atoms with Gasteiger partial charge in [-0.25, -0.2) is 0 Å². The number of amides is 1. The van der Waals surface area contributed by atoms with Crippen LogP contribution in [0.4, 0.5) is 0 Å². The zero-order valence-corrected chi connectivity index (χ0v) is 16.5. The molecule has 144 valence electrons. The second-order valence-electron chi connectivity index (χ2n) is 9.67. The number of carbonyl (C=O) groups is 1. The molecule has 5 nitrogen and oxygen atoms in total. The quantitative estimate of drug-likeness (QED) is 0.841. The van der Waals surface area contributed by atoms with E-state index >= 15 is 0 Å². The van der Waals surface area contributed by atoms with Crippen molar-refractivity contribution in [2.75, 3.05) is 45.8 Å². The van der Waals surface area contributed by atoms with E-state index in [4.69, 9.17) is 0 Å². The van der Waals surface area contributed by atoms with Crippen molar-refractivity contribution in [2.24, 2.45) is 5.41 Å². The molecule has 2 aliphatic heterocycles. The highest BCUT2D eigenvalue weighted by atomic mass is 16.3. The molecule has 1 amide bonds. The molecule has 2 heterocycles. The van der Waals surface area contributed by atoms with Crippen LogP contribution >= 0.6 is 0 Å². The topological polar surface area (TPSA) is 47.0 Å². The van der Waals surface area contributed by atoms with Crippen molar-refractivity contribution >= 4 is 5.91 Å². The molecule has 1 N–H and O–H groups in total. The molecule has 3 aliphatic rings. The summed E-state index contributed by atoms with van der Waals surface area (Å²) < 4.78 is 0. The fourth-order valence-electron chi connectivity index (χ4n) is 4.86. The Morgan fingerprint density at radius 3 is 2.28 bits per heavy atom. The summed E-state index contributed by atoms with van der Waals surface area (Å²) in [6.07, 6.45) is 6.97. The summed E-state index contributed by atoms with van der Waals surface area (Å²) in [5, 5.41) is 11.1. The van der Waals surface area contributed by atoms with E-state index < -0.39 is 5.60 Å². The average molecular weight is 352 g/mol. The first-order valence-electron chi connectivity index (χ1n) is 10.3. The van der Waals surface area contributed by atoms with Gasteiger partial charge in [0.15, 0.2) is 5.60 Å². The Bertz CT molecular complexity index is 462. The number of β-amino-alcohol motifs (C(OH)–C–C–N with tert-alkyl or cyclic N) is 1. The third-order valence-corrected chi connectivity index (χ3v) is 6.10. The Kier molecular flexibility index (Phi) is 5.76.